The molecule has 1 N–H and O–H groups in total. The van der Waals surface area contributed by atoms with Gasteiger partial charge in [0.25, 0.3) is 0 Å². The lowest BCUT2D eigenvalue weighted by molar-refractivity contribution is -0.140. The van der Waals surface area contributed by atoms with Crippen LogP contribution in [0.3, 0.4) is 0 Å². The molecule has 2 amide bonds. The van der Waals surface area contributed by atoms with Crippen LogP contribution in [0.5, 0.6) is 0 Å². The Balaban J connectivity index is 2.09. The summed E-state index contributed by atoms with van der Waals surface area (Å²) < 4.78 is 42.0. The van der Waals surface area contributed by atoms with Gasteiger partial charge in [0, 0.05) is 28.5 Å². The van der Waals surface area contributed by atoms with Gasteiger partial charge in [-0.3, -0.25) is 13.9 Å². The molecule has 0 aliphatic rings. The summed E-state index contributed by atoms with van der Waals surface area (Å²) in [6, 6.07) is 20.7. The minimum absolute atomic E-state index is 0.151. The maximum absolute atomic E-state index is 14.8. The second-order valence-corrected chi connectivity index (χ2v) is 13.1. The van der Waals surface area contributed by atoms with Crippen molar-refractivity contribution in [1.29, 1.82) is 0 Å². The van der Waals surface area contributed by atoms with E-state index in [9.17, 15) is 22.4 Å². The van der Waals surface area contributed by atoms with Crippen LogP contribution in [0.1, 0.15) is 31.9 Å². The van der Waals surface area contributed by atoms with Gasteiger partial charge < -0.3 is 10.2 Å². The molecule has 0 aromatic heterocycles. The van der Waals surface area contributed by atoms with Crippen molar-refractivity contribution in [1.82, 2.24) is 10.2 Å². The van der Waals surface area contributed by atoms with Crippen LogP contribution in [0, 0.1) is 5.82 Å². The van der Waals surface area contributed by atoms with Crippen LogP contribution in [-0.2, 0) is 32.6 Å². The molecular weight excluding hydrogens is 585 g/mol. The van der Waals surface area contributed by atoms with Crippen LogP contribution in [0.4, 0.5) is 10.1 Å². The highest BCUT2D eigenvalue weighted by Gasteiger charge is 2.34. The van der Waals surface area contributed by atoms with Gasteiger partial charge in [0.1, 0.15) is 18.4 Å². The van der Waals surface area contributed by atoms with Gasteiger partial charge in [-0.25, -0.2) is 12.8 Å². The largest absolute Gasteiger partial charge is 0.350 e. The second-order valence-electron chi connectivity index (χ2n) is 10.3. The van der Waals surface area contributed by atoms with Crippen molar-refractivity contribution in [2.75, 3.05) is 17.1 Å². The van der Waals surface area contributed by atoms with Crippen LogP contribution in [-0.4, -0.2) is 49.5 Å². The average molecular weight is 619 g/mol. The molecule has 0 spiro atoms. The first kappa shape index (κ1) is 30.3. The fourth-order valence-electron chi connectivity index (χ4n) is 4.06. The number of benzene rings is 3. The number of nitrogens with one attached hydrogen (secondary N) is 1. The third-order valence-corrected chi connectivity index (χ3v) is 7.48. The average Bonchev–Trinajstić information content (AvgIpc) is 2.84. The Bertz CT molecular complexity index is 1410. The van der Waals surface area contributed by atoms with Crippen molar-refractivity contribution >= 4 is 43.5 Å². The molecule has 3 aromatic rings. The van der Waals surface area contributed by atoms with E-state index in [4.69, 9.17) is 0 Å². The highest BCUT2D eigenvalue weighted by Crippen LogP contribution is 2.24. The number of sulfonamides is 1. The van der Waals surface area contributed by atoms with Crippen LogP contribution in [0.15, 0.2) is 83.3 Å². The van der Waals surface area contributed by atoms with Gasteiger partial charge >= 0.3 is 0 Å². The zero-order valence-corrected chi connectivity index (χ0v) is 24.8. The number of amides is 2. The molecule has 0 fully saturated rings. The van der Waals surface area contributed by atoms with E-state index in [-0.39, 0.29) is 24.2 Å². The first-order valence-electron chi connectivity index (χ1n) is 12.4. The Morgan fingerprint density at radius 2 is 1.62 bits per heavy atom. The first-order valence-corrected chi connectivity index (χ1v) is 15.0. The summed E-state index contributed by atoms with van der Waals surface area (Å²) in [4.78, 5) is 28.9. The van der Waals surface area contributed by atoms with Crippen LogP contribution >= 0.6 is 15.9 Å². The van der Waals surface area contributed by atoms with Crippen molar-refractivity contribution in [3.05, 3.63) is 100 Å². The third kappa shape index (κ3) is 8.90. The predicted octanol–water partition coefficient (Wildman–Crippen LogP) is 4.91. The van der Waals surface area contributed by atoms with E-state index in [2.05, 4.69) is 21.2 Å². The standard InChI is InChI=1S/C29H33BrFN3O4S/c1-29(2,3)32-28(36)26(17-21-11-6-5-7-12-21)33(19-22-13-8-9-16-25(22)31)27(35)20-34(39(4,37)38)24-15-10-14-23(30)18-24/h5-16,18,26H,17,19-20H2,1-4H3,(H,32,36)/t26-/m0/s1. The lowest BCUT2D eigenvalue weighted by Gasteiger charge is -2.35. The Hall–Kier alpha value is -3.24. The van der Waals surface area contributed by atoms with Gasteiger partial charge in [-0.05, 0) is 50.6 Å². The molecule has 0 heterocycles. The van der Waals surface area contributed by atoms with E-state index in [1.807, 2.05) is 51.1 Å². The summed E-state index contributed by atoms with van der Waals surface area (Å²) in [6.45, 7) is 4.68. The van der Waals surface area contributed by atoms with E-state index in [0.717, 1.165) is 16.1 Å². The molecule has 1 atom stereocenters. The summed E-state index contributed by atoms with van der Waals surface area (Å²) >= 11 is 3.34. The van der Waals surface area contributed by atoms with E-state index in [0.29, 0.717) is 4.47 Å². The molecule has 0 saturated heterocycles. The predicted molar refractivity (Wildman–Crippen MR) is 155 cm³/mol. The summed E-state index contributed by atoms with van der Waals surface area (Å²) in [5.74, 6) is -1.60. The highest BCUT2D eigenvalue weighted by molar-refractivity contribution is 9.10. The normalized spacial score (nSPS) is 12.5. The topological polar surface area (TPSA) is 86.8 Å². The molecule has 0 aliphatic heterocycles. The number of carbonyl (C=O) groups excluding carboxylic acids is 2. The van der Waals surface area contributed by atoms with E-state index < -0.39 is 45.8 Å². The Morgan fingerprint density at radius 3 is 2.21 bits per heavy atom. The smallest absolute Gasteiger partial charge is 0.244 e. The molecule has 0 bridgehead atoms. The van der Waals surface area contributed by atoms with Crippen LogP contribution in [0.2, 0.25) is 0 Å². The van der Waals surface area contributed by atoms with Gasteiger partial charge in [0.2, 0.25) is 21.8 Å². The number of anilines is 1. The fourth-order valence-corrected chi connectivity index (χ4v) is 5.29. The Labute approximate surface area is 238 Å². The lowest BCUT2D eigenvalue weighted by Crippen LogP contribution is -2.56. The number of rotatable bonds is 10. The maximum atomic E-state index is 14.8. The maximum Gasteiger partial charge on any atom is 0.244 e. The van der Waals surface area contributed by atoms with Gasteiger partial charge in [-0.1, -0.05) is 70.5 Å². The summed E-state index contributed by atoms with van der Waals surface area (Å²) in [5.41, 5.74) is 0.684. The van der Waals surface area contributed by atoms with Gasteiger partial charge in [0.15, 0.2) is 0 Å². The number of halogens is 2. The molecule has 0 aliphatic carbocycles. The number of nitrogens with zero attached hydrogens (tertiary/aromatic N) is 2. The van der Waals surface area contributed by atoms with Crippen molar-refractivity contribution in [2.24, 2.45) is 0 Å². The number of carbonyl (C=O) groups is 2. The summed E-state index contributed by atoms with van der Waals surface area (Å²) in [6.07, 6.45) is 1.16. The second kappa shape index (κ2) is 12.7. The SMILES string of the molecule is CC(C)(C)NC(=O)[C@H](Cc1ccccc1)N(Cc1ccccc1F)C(=O)CN(c1cccc(Br)c1)S(C)(=O)=O. The summed E-state index contributed by atoms with van der Waals surface area (Å²) in [5, 5.41) is 2.93. The molecular formula is C29H33BrFN3O4S. The van der Waals surface area contributed by atoms with Gasteiger partial charge in [-0.15, -0.1) is 0 Å². The molecule has 3 rings (SSSR count). The molecule has 0 radical (unpaired) electrons. The molecule has 10 heteroatoms. The first-order chi connectivity index (χ1) is 18.2. The minimum atomic E-state index is -3.89. The third-order valence-electron chi connectivity index (χ3n) is 5.84. The zero-order valence-electron chi connectivity index (χ0n) is 22.4. The Morgan fingerprint density at radius 1 is 0.974 bits per heavy atom. The Kier molecular flexibility index (Phi) is 9.90. The minimum Gasteiger partial charge on any atom is -0.350 e. The van der Waals surface area contributed by atoms with Gasteiger partial charge in [-0.2, -0.15) is 0 Å². The molecule has 7 nitrogen and oxygen atoms in total. The van der Waals surface area contributed by atoms with Crippen LogP contribution in [0.25, 0.3) is 0 Å². The van der Waals surface area contributed by atoms with E-state index in [1.165, 1.54) is 17.0 Å². The van der Waals surface area contributed by atoms with Crippen LogP contribution < -0.4 is 9.62 Å². The number of hydrogen-bond donors (Lipinski definition) is 1. The molecule has 3 aromatic carbocycles. The lowest BCUT2D eigenvalue weighted by atomic mass is 10.0. The van der Waals surface area contributed by atoms with Crippen molar-refractivity contribution in [2.45, 2.75) is 45.3 Å². The molecule has 39 heavy (non-hydrogen) atoms. The molecule has 208 valence electrons. The summed E-state index contributed by atoms with van der Waals surface area (Å²) in [7, 11) is -3.89. The van der Waals surface area contributed by atoms with Crippen molar-refractivity contribution in [3.8, 4) is 0 Å². The zero-order chi connectivity index (χ0) is 28.8. The molecule has 0 saturated carbocycles. The number of hydrogen-bond acceptors (Lipinski definition) is 4. The van der Waals surface area contributed by atoms with E-state index >= 15 is 0 Å². The van der Waals surface area contributed by atoms with Crippen molar-refractivity contribution < 1.29 is 22.4 Å². The quantitative estimate of drug-likeness (QED) is 0.350. The highest BCUT2D eigenvalue weighted by atomic mass is 79.9. The van der Waals surface area contributed by atoms with Crippen molar-refractivity contribution in [3.63, 3.8) is 0 Å². The fraction of sp³-hybridized carbons (Fsp3) is 0.310. The monoisotopic (exact) mass is 617 g/mol. The van der Waals surface area contributed by atoms with E-state index in [1.54, 1.807) is 36.4 Å². The molecule has 0 unspecified atom stereocenters. The van der Waals surface area contributed by atoms with Gasteiger partial charge in [0.05, 0.1) is 11.9 Å².